The highest BCUT2D eigenvalue weighted by molar-refractivity contribution is 5.93. The Morgan fingerprint density at radius 1 is 1.40 bits per heavy atom. The largest absolute Gasteiger partial charge is 0.465 e. The van der Waals surface area contributed by atoms with E-state index in [1.54, 1.807) is 19.1 Å². The lowest BCUT2D eigenvalue weighted by atomic mass is 10.0. The Morgan fingerprint density at radius 3 is 2.70 bits per heavy atom. The third-order valence-electron chi connectivity index (χ3n) is 2.87. The molecule has 0 aromatic heterocycles. The lowest BCUT2D eigenvalue weighted by Crippen LogP contribution is -2.20. The number of nitrogens with two attached hydrogens (primary N) is 1. The molecule has 0 aliphatic carbocycles. The molecule has 1 aromatic rings. The summed E-state index contributed by atoms with van der Waals surface area (Å²) in [5.74, 6) is -0.450. The van der Waals surface area contributed by atoms with Crippen LogP contribution in [-0.4, -0.2) is 25.5 Å². The second kappa shape index (κ2) is 7.33. The van der Waals surface area contributed by atoms with Crippen LogP contribution >= 0.6 is 0 Å². The van der Waals surface area contributed by atoms with E-state index in [0.29, 0.717) is 29.8 Å². The lowest BCUT2D eigenvalue weighted by Gasteiger charge is -2.08. The first-order chi connectivity index (χ1) is 9.45. The van der Waals surface area contributed by atoms with Gasteiger partial charge in [0.2, 0.25) is 5.91 Å². The Morgan fingerprint density at radius 2 is 2.10 bits per heavy atom. The molecular formula is C15H20N2O3. The SMILES string of the molecule is COC(=O)c1cc(C=CCCNC(C)=O)cc(N)c1C. The Kier molecular flexibility index (Phi) is 5.77. The summed E-state index contributed by atoms with van der Waals surface area (Å²) in [6, 6.07) is 3.54. The molecule has 0 aliphatic rings. The van der Waals surface area contributed by atoms with E-state index in [1.165, 1.54) is 14.0 Å². The Hall–Kier alpha value is -2.30. The molecule has 0 saturated heterocycles. The van der Waals surface area contributed by atoms with Crippen molar-refractivity contribution in [3.63, 3.8) is 0 Å². The molecule has 0 saturated carbocycles. The minimum Gasteiger partial charge on any atom is -0.465 e. The smallest absolute Gasteiger partial charge is 0.338 e. The molecule has 5 heteroatoms. The fourth-order valence-corrected chi connectivity index (χ4v) is 1.73. The van der Waals surface area contributed by atoms with Crippen LogP contribution in [-0.2, 0) is 9.53 Å². The number of benzene rings is 1. The van der Waals surface area contributed by atoms with Crippen molar-refractivity contribution in [2.45, 2.75) is 20.3 Å². The van der Waals surface area contributed by atoms with Gasteiger partial charge in [0.25, 0.3) is 0 Å². The van der Waals surface area contributed by atoms with Crippen LogP contribution in [0.3, 0.4) is 0 Å². The van der Waals surface area contributed by atoms with Crippen LogP contribution in [0.4, 0.5) is 5.69 Å². The van der Waals surface area contributed by atoms with E-state index < -0.39 is 5.97 Å². The molecule has 1 amide bonds. The monoisotopic (exact) mass is 276 g/mol. The van der Waals surface area contributed by atoms with Crippen molar-refractivity contribution in [2.75, 3.05) is 19.4 Å². The summed E-state index contributed by atoms with van der Waals surface area (Å²) < 4.78 is 4.73. The summed E-state index contributed by atoms with van der Waals surface area (Å²) in [5, 5.41) is 2.70. The van der Waals surface area contributed by atoms with Gasteiger partial charge in [-0.15, -0.1) is 0 Å². The van der Waals surface area contributed by atoms with Crippen LogP contribution < -0.4 is 11.1 Å². The molecule has 20 heavy (non-hydrogen) atoms. The highest BCUT2D eigenvalue weighted by atomic mass is 16.5. The summed E-state index contributed by atoms with van der Waals surface area (Å²) in [6.45, 7) is 3.84. The zero-order chi connectivity index (χ0) is 15.1. The van der Waals surface area contributed by atoms with Gasteiger partial charge < -0.3 is 15.8 Å². The van der Waals surface area contributed by atoms with Crippen molar-refractivity contribution < 1.29 is 14.3 Å². The predicted molar refractivity (Wildman–Crippen MR) is 79.3 cm³/mol. The molecule has 1 rings (SSSR count). The number of ether oxygens (including phenoxy) is 1. The Bertz CT molecular complexity index is 536. The zero-order valence-electron chi connectivity index (χ0n) is 12.0. The van der Waals surface area contributed by atoms with Gasteiger partial charge in [-0.1, -0.05) is 12.2 Å². The van der Waals surface area contributed by atoms with Gasteiger partial charge in [0.05, 0.1) is 12.7 Å². The molecule has 3 N–H and O–H groups in total. The highest BCUT2D eigenvalue weighted by Gasteiger charge is 2.12. The van der Waals surface area contributed by atoms with E-state index in [4.69, 9.17) is 10.5 Å². The van der Waals surface area contributed by atoms with Gasteiger partial charge >= 0.3 is 5.97 Å². The van der Waals surface area contributed by atoms with Gasteiger partial charge in [-0.3, -0.25) is 4.79 Å². The van der Waals surface area contributed by atoms with Crippen LogP contribution in [0.1, 0.15) is 34.8 Å². The van der Waals surface area contributed by atoms with Gasteiger partial charge in [0, 0.05) is 19.2 Å². The van der Waals surface area contributed by atoms with Crippen LogP contribution in [0.2, 0.25) is 0 Å². The maximum atomic E-state index is 11.6. The normalized spacial score (nSPS) is 10.6. The number of nitrogens with one attached hydrogen (secondary N) is 1. The number of esters is 1. The average Bonchev–Trinajstić information content (AvgIpc) is 2.40. The highest BCUT2D eigenvalue weighted by Crippen LogP contribution is 2.20. The van der Waals surface area contributed by atoms with Crippen molar-refractivity contribution in [1.29, 1.82) is 0 Å². The molecule has 0 heterocycles. The average molecular weight is 276 g/mol. The number of hydrogen-bond donors (Lipinski definition) is 2. The van der Waals surface area contributed by atoms with Gasteiger partial charge in [0.1, 0.15) is 0 Å². The molecule has 0 atom stereocenters. The first kappa shape index (κ1) is 15.8. The number of rotatable bonds is 5. The van der Waals surface area contributed by atoms with Gasteiger partial charge in [-0.05, 0) is 36.6 Å². The van der Waals surface area contributed by atoms with Gasteiger partial charge in [-0.2, -0.15) is 0 Å². The Labute approximate surface area is 118 Å². The van der Waals surface area contributed by atoms with E-state index in [-0.39, 0.29) is 5.91 Å². The van der Waals surface area contributed by atoms with E-state index in [0.717, 1.165) is 5.56 Å². The topological polar surface area (TPSA) is 81.4 Å². The minimum absolute atomic E-state index is 0.0500. The van der Waals surface area contributed by atoms with Crippen molar-refractivity contribution in [3.05, 3.63) is 34.9 Å². The molecule has 0 bridgehead atoms. The molecule has 0 radical (unpaired) electrons. The first-order valence-corrected chi connectivity index (χ1v) is 6.35. The number of anilines is 1. The minimum atomic E-state index is -0.400. The number of nitrogen functional groups attached to an aromatic ring is 1. The van der Waals surface area contributed by atoms with Crippen molar-refractivity contribution in [3.8, 4) is 0 Å². The number of carbonyl (C=O) groups excluding carboxylic acids is 2. The maximum Gasteiger partial charge on any atom is 0.338 e. The summed E-state index contributed by atoms with van der Waals surface area (Å²) in [5.41, 5.74) is 8.45. The van der Waals surface area contributed by atoms with E-state index in [1.807, 2.05) is 12.2 Å². The van der Waals surface area contributed by atoms with E-state index >= 15 is 0 Å². The molecule has 108 valence electrons. The number of amides is 1. The second-order valence-electron chi connectivity index (χ2n) is 4.45. The van der Waals surface area contributed by atoms with Crippen molar-refractivity contribution >= 4 is 23.6 Å². The van der Waals surface area contributed by atoms with Gasteiger partial charge in [0.15, 0.2) is 0 Å². The Balaban J connectivity index is 2.81. The summed E-state index contributed by atoms with van der Waals surface area (Å²) in [4.78, 5) is 22.3. The molecule has 0 aliphatic heterocycles. The third kappa shape index (κ3) is 4.42. The molecule has 0 spiro atoms. The fraction of sp³-hybridized carbons (Fsp3) is 0.333. The summed E-state index contributed by atoms with van der Waals surface area (Å²) >= 11 is 0. The number of methoxy groups -OCH3 is 1. The predicted octanol–water partition coefficient (Wildman–Crippen LogP) is 1.90. The lowest BCUT2D eigenvalue weighted by molar-refractivity contribution is -0.118. The molecule has 0 unspecified atom stereocenters. The van der Waals surface area contributed by atoms with Crippen molar-refractivity contribution in [1.82, 2.24) is 5.32 Å². The van der Waals surface area contributed by atoms with Crippen LogP contribution in [0.25, 0.3) is 6.08 Å². The standard InChI is InChI=1S/C15H20N2O3/c1-10-13(15(19)20-3)8-12(9-14(10)16)6-4-5-7-17-11(2)18/h4,6,8-9H,5,7,16H2,1-3H3,(H,17,18). The van der Waals surface area contributed by atoms with E-state index in [9.17, 15) is 9.59 Å². The summed E-state index contributed by atoms with van der Waals surface area (Å²) in [6.07, 6.45) is 4.49. The van der Waals surface area contributed by atoms with Crippen LogP contribution in [0.15, 0.2) is 18.2 Å². The molecular weight excluding hydrogens is 256 g/mol. The molecule has 5 nitrogen and oxygen atoms in total. The second-order valence-corrected chi connectivity index (χ2v) is 4.45. The molecule has 0 fully saturated rings. The molecule has 1 aromatic carbocycles. The van der Waals surface area contributed by atoms with E-state index in [2.05, 4.69) is 5.32 Å². The van der Waals surface area contributed by atoms with Crippen LogP contribution in [0, 0.1) is 6.92 Å². The number of hydrogen-bond acceptors (Lipinski definition) is 4. The number of carbonyl (C=O) groups is 2. The quantitative estimate of drug-likeness (QED) is 0.489. The summed E-state index contributed by atoms with van der Waals surface area (Å²) in [7, 11) is 1.34. The van der Waals surface area contributed by atoms with Gasteiger partial charge in [-0.25, -0.2) is 4.79 Å². The maximum absolute atomic E-state index is 11.6. The zero-order valence-corrected chi connectivity index (χ0v) is 12.0. The van der Waals surface area contributed by atoms with Crippen molar-refractivity contribution in [2.24, 2.45) is 0 Å². The van der Waals surface area contributed by atoms with Crippen LogP contribution in [0.5, 0.6) is 0 Å². The third-order valence-corrected chi connectivity index (χ3v) is 2.87. The fourth-order valence-electron chi connectivity index (χ4n) is 1.73. The first-order valence-electron chi connectivity index (χ1n) is 6.35.